The summed E-state index contributed by atoms with van der Waals surface area (Å²) in [5.74, 6) is 0.305. The summed E-state index contributed by atoms with van der Waals surface area (Å²) in [4.78, 5) is 18.1. The van der Waals surface area contributed by atoms with E-state index >= 15 is 0 Å². The predicted molar refractivity (Wildman–Crippen MR) is 157 cm³/mol. The molecule has 0 unspecified atom stereocenters. The Morgan fingerprint density at radius 3 is 2.17 bits per heavy atom. The Morgan fingerprint density at radius 2 is 1.52 bits per heavy atom. The fourth-order valence-corrected chi connectivity index (χ4v) is 8.38. The quantitative estimate of drug-likeness (QED) is 0.461. The monoisotopic (exact) mass is 568 g/mol. The topological polar surface area (TPSA) is 87.0 Å². The summed E-state index contributed by atoms with van der Waals surface area (Å²) in [6, 6.07) is 9.21. The summed E-state index contributed by atoms with van der Waals surface area (Å²) in [5, 5.41) is 3.96. The highest BCUT2D eigenvalue weighted by Gasteiger charge is 2.38. The van der Waals surface area contributed by atoms with Crippen LogP contribution in [0.5, 0.6) is 0 Å². The molecule has 1 aromatic carbocycles. The van der Waals surface area contributed by atoms with Crippen LogP contribution in [-0.4, -0.2) is 78.9 Å². The van der Waals surface area contributed by atoms with Crippen molar-refractivity contribution in [3.8, 4) is 0 Å². The van der Waals surface area contributed by atoms with Gasteiger partial charge in [0.25, 0.3) is 0 Å². The van der Waals surface area contributed by atoms with Crippen molar-refractivity contribution in [1.82, 2.24) is 19.3 Å². The van der Waals surface area contributed by atoms with Crippen LogP contribution >= 0.6 is 0 Å². The maximum atomic E-state index is 13.6. The van der Waals surface area contributed by atoms with Gasteiger partial charge in [0.05, 0.1) is 0 Å². The second-order valence-corrected chi connectivity index (χ2v) is 13.8. The van der Waals surface area contributed by atoms with Gasteiger partial charge in [-0.15, -0.1) is 0 Å². The first-order valence-corrected chi connectivity index (χ1v) is 16.4. The van der Waals surface area contributed by atoms with Crippen LogP contribution in [0.2, 0.25) is 0 Å². The van der Waals surface area contributed by atoms with Gasteiger partial charge in [0.2, 0.25) is 15.9 Å². The number of sulfonamides is 1. The molecule has 3 aliphatic rings. The van der Waals surface area contributed by atoms with Crippen LogP contribution in [0.1, 0.15) is 80.4 Å². The molecular formula is C31H44N4O4S. The van der Waals surface area contributed by atoms with Crippen LogP contribution in [0.4, 0.5) is 0 Å². The zero-order valence-corrected chi connectivity index (χ0v) is 25.0. The van der Waals surface area contributed by atoms with Crippen molar-refractivity contribution in [2.75, 3.05) is 33.2 Å². The smallest absolute Gasteiger partial charge is 0.248 e. The second-order valence-electron chi connectivity index (χ2n) is 11.9. The third-order valence-corrected chi connectivity index (χ3v) is 11.3. The van der Waals surface area contributed by atoms with E-state index in [2.05, 4.69) is 17.1 Å². The molecule has 0 atom stereocenters. The molecule has 0 radical (unpaired) electrons. The molecule has 3 heterocycles. The van der Waals surface area contributed by atoms with Gasteiger partial charge < -0.3 is 14.3 Å². The van der Waals surface area contributed by atoms with Gasteiger partial charge in [-0.3, -0.25) is 4.79 Å². The average Bonchev–Trinajstić information content (AvgIpc) is 3.37. The molecule has 1 aliphatic carbocycles. The number of carbonyl (C=O) groups is 1. The van der Waals surface area contributed by atoms with E-state index in [1.54, 1.807) is 13.0 Å². The number of likely N-dealkylation sites (tertiary alicyclic amines) is 1. The van der Waals surface area contributed by atoms with Gasteiger partial charge in [-0.25, -0.2) is 8.42 Å². The molecule has 40 heavy (non-hydrogen) atoms. The molecule has 0 N–H and O–H groups in total. The van der Waals surface area contributed by atoms with Gasteiger partial charge >= 0.3 is 0 Å². The van der Waals surface area contributed by atoms with Gasteiger partial charge in [0, 0.05) is 44.2 Å². The predicted octanol–water partition coefficient (Wildman–Crippen LogP) is 5.12. The first kappa shape index (κ1) is 29.0. The number of aromatic nitrogens is 1. The number of hydrogen-bond donors (Lipinski definition) is 0. The molecule has 1 aromatic heterocycles. The fourth-order valence-electron chi connectivity index (χ4n) is 6.66. The summed E-state index contributed by atoms with van der Waals surface area (Å²) >= 11 is 0. The van der Waals surface area contributed by atoms with Gasteiger partial charge in [-0.05, 0) is 71.1 Å². The lowest BCUT2D eigenvalue weighted by Gasteiger charge is -2.42. The largest absolute Gasteiger partial charge is 0.355 e. The Kier molecular flexibility index (Phi) is 9.12. The van der Waals surface area contributed by atoms with E-state index < -0.39 is 10.0 Å². The number of nitrogens with zero attached hydrogens (tertiary/aromatic N) is 4. The van der Waals surface area contributed by atoms with Crippen LogP contribution in [0.25, 0.3) is 12.2 Å². The second kappa shape index (κ2) is 12.6. The third-order valence-electron chi connectivity index (χ3n) is 9.24. The third kappa shape index (κ3) is 6.37. The molecule has 1 saturated carbocycles. The van der Waals surface area contributed by atoms with Crippen molar-refractivity contribution in [3.63, 3.8) is 0 Å². The maximum Gasteiger partial charge on any atom is 0.248 e. The summed E-state index contributed by atoms with van der Waals surface area (Å²) in [5.41, 5.74) is 2.46. The van der Waals surface area contributed by atoms with Crippen molar-refractivity contribution < 1.29 is 17.7 Å². The highest BCUT2D eigenvalue weighted by molar-refractivity contribution is 7.89. The van der Waals surface area contributed by atoms with Gasteiger partial charge in [-0.2, -0.15) is 4.31 Å². The molecule has 9 heteroatoms. The molecular weight excluding hydrogens is 524 g/mol. The van der Waals surface area contributed by atoms with E-state index in [0.29, 0.717) is 43.7 Å². The number of amides is 1. The van der Waals surface area contributed by atoms with E-state index in [4.69, 9.17) is 4.52 Å². The van der Waals surface area contributed by atoms with Crippen LogP contribution in [0.3, 0.4) is 0 Å². The van der Waals surface area contributed by atoms with Crippen LogP contribution in [0, 0.1) is 19.8 Å². The minimum atomic E-state index is -3.80. The van der Waals surface area contributed by atoms with Crippen LogP contribution in [-0.2, 0) is 14.8 Å². The minimum Gasteiger partial charge on any atom is -0.355 e. The highest BCUT2D eigenvalue weighted by atomic mass is 32.2. The van der Waals surface area contributed by atoms with Gasteiger partial charge in [0.1, 0.15) is 5.69 Å². The summed E-state index contributed by atoms with van der Waals surface area (Å²) < 4.78 is 34.2. The maximum absolute atomic E-state index is 13.6. The van der Waals surface area contributed by atoms with Crippen molar-refractivity contribution in [2.45, 2.75) is 88.6 Å². The van der Waals surface area contributed by atoms with E-state index in [1.165, 1.54) is 36.4 Å². The van der Waals surface area contributed by atoms with Crippen molar-refractivity contribution >= 4 is 28.1 Å². The summed E-state index contributed by atoms with van der Waals surface area (Å²) in [6.45, 7) is 5.93. The Bertz CT molecular complexity index is 1280. The summed E-state index contributed by atoms with van der Waals surface area (Å²) in [7, 11) is -1.52. The number of rotatable bonds is 7. The molecule has 8 nitrogen and oxygen atoms in total. The molecule has 218 valence electrons. The molecule has 0 spiro atoms. The molecule has 2 aromatic rings. The van der Waals surface area contributed by atoms with Crippen molar-refractivity contribution in [1.29, 1.82) is 0 Å². The highest BCUT2D eigenvalue weighted by Crippen LogP contribution is 2.31. The summed E-state index contributed by atoms with van der Waals surface area (Å²) in [6.07, 6.45) is 13.3. The number of carbonyl (C=O) groups excluding carboxylic acids is 1. The first-order valence-electron chi connectivity index (χ1n) is 15.0. The molecule has 2 aliphatic heterocycles. The van der Waals surface area contributed by atoms with Crippen LogP contribution in [0.15, 0.2) is 33.7 Å². The molecule has 3 fully saturated rings. The molecule has 5 rings (SSSR count). The van der Waals surface area contributed by atoms with Gasteiger partial charge in [0.15, 0.2) is 10.7 Å². The molecule has 1 amide bonds. The lowest BCUT2D eigenvalue weighted by Crippen LogP contribution is -2.51. The molecule has 2 saturated heterocycles. The number of aryl methyl sites for hydroxylation is 2. The zero-order chi connectivity index (χ0) is 28.3. The lowest BCUT2D eigenvalue weighted by molar-refractivity contribution is -0.138. The van der Waals surface area contributed by atoms with E-state index in [0.717, 1.165) is 37.1 Å². The number of piperidine rings is 2. The Balaban J connectivity index is 1.16. The van der Waals surface area contributed by atoms with Crippen molar-refractivity contribution in [3.05, 3.63) is 46.8 Å². The molecule has 0 bridgehead atoms. The van der Waals surface area contributed by atoms with E-state index in [9.17, 15) is 13.2 Å². The number of hydrogen-bond acceptors (Lipinski definition) is 6. The average molecular weight is 569 g/mol. The normalized spacial score (nSPS) is 21.1. The Hall–Kier alpha value is -2.49. The standard InChI is InChI=1S/C31H44N4O4S/c1-23-9-11-25(12-10-23)13-14-29-30(24(2)32-39-29)40(37,38)35-21-15-26(16-22-35)31(36)34-19-17-28(18-20-34)33(3)27-7-5-4-6-8-27/h9-14,26-28H,4-8,15-22H2,1-3H3. The number of benzene rings is 1. The fraction of sp³-hybridized carbons (Fsp3) is 0.613. The Labute approximate surface area is 239 Å². The first-order chi connectivity index (χ1) is 19.2. The van der Waals surface area contributed by atoms with Crippen LogP contribution < -0.4 is 0 Å². The van der Waals surface area contributed by atoms with Crippen molar-refractivity contribution in [2.24, 2.45) is 5.92 Å². The lowest BCUT2D eigenvalue weighted by atomic mass is 9.91. The minimum absolute atomic E-state index is 0.116. The van der Waals surface area contributed by atoms with Gasteiger partial charge in [-0.1, -0.05) is 60.3 Å². The van der Waals surface area contributed by atoms with E-state index in [1.807, 2.05) is 42.2 Å². The zero-order valence-electron chi connectivity index (χ0n) is 24.2. The Morgan fingerprint density at radius 1 is 0.900 bits per heavy atom. The van der Waals surface area contributed by atoms with E-state index in [-0.39, 0.29) is 22.5 Å². The SMILES string of the molecule is Cc1ccc(C=Cc2onc(C)c2S(=O)(=O)N2CCC(C(=O)N3CCC(N(C)C4CCCCC4)CC3)CC2)cc1.